The van der Waals surface area contributed by atoms with Gasteiger partial charge in [-0.25, -0.2) is 9.67 Å². The van der Waals surface area contributed by atoms with Gasteiger partial charge in [0.15, 0.2) is 5.65 Å². The Labute approximate surface area is 161 Å². The lowest BCUT2D eigenvalue weighted by Crippen LogP contribution is -2.15. The first kappa shape index (κ1) is 17.4. The molecule has 0 saturated carbocycles. The van der Waals surface area contributed by atoms with Crippen LogP contribution in [0.2, 0.25) is 0 Å². The van der Waals surface area contributed by atoms with E-state index in [0.717, 1.165) is 27.2 Å². The van der Waals surface area contributed by atoms with E-state index < -0.39 is 0 Å². The minimum atomic E-state index is -0.164. The van der Waals surface area contributed by atoms with E-state index in [1.165, 1.54) is 0 Å². The van der Waals surface area contributed by atoms with Crippen molar-refractivity contribution in [3.63, 3.8) is 0 Å². The zero-order chi connectivity index (χ0) is 19.0. The molecule has 1 aromatic carbocycles. The molecular weight excluding hydrogens is 356 g/mol. The second-order valence-corrected chi connectivity index (χ2v) is 7.64. The number of carbonyl (C=O) groups is 1. The number of aromatic nitrogens is 3. The smallest absolute Gasteiger partial charge is 0.257 e. The van der Waals surface area contributed by atoms with Gasteiger partial charge in [-0.3, -0.25) is 4.79 Å². The molecule has 6 heteroatoms. The highest BCUT2D eigenvalue weighted by Gasteiger charge is 2.17. The maximum atomic E-state index is 13.0. The zero-order valence-corrected chi connectivity index (χ0v) is 16.2. The molecule has 0 bridgehead atoms. The summed E-state index contributed by atoms with van der Waals surface area (Å²) in [5.74, 6) is -0.164. The number of nitrogens with one attached hydrogen (secondary N) is 1. The Bertz CT molecular complexity index is 1110. The number of anilines is 1. The predicted molar refractivity (Wildman–Crippen MR) is 110 cm³/mol. The standard InChI is InChI=1S/C21H20N4OS/c1-13(2)25-20-15(12-22-25)11-17(14(3)23-20)21(26)24-18-8-5-4-7-16(18)19-9-6-10-27-19/h4-13H,1-3H3,(H,24,26). The highest BCUT2D eigenvalue weighted by Crippen LogP contribution is 2.31. The molecule has 5 nitrogen and oxygen atoms in total. The number of amides is 1. The monoisotopic (exact) mass is 376 g/mol. The summed E-state index contributed by atoms with van der Waals surface area (Å²) in [6.45, 7) is 5.98. The summed E-state index contributed by atoms with van der Waals surface area (Å²) in [6, 6.07) is 14.0. The van der Waals surface area contributed by atoms with E-state index in [1.807, 2.05) is 53.4 Å². The van der Waals surface area contributed by atoms with Crippen LogP contribution in [-0.2, 0) is 0 Å². The van der Waals surface area contributed by atoms with Crippen molar-refractivity contribution in [3.05, 3.63) is 65.3 Å². The molecule has 0 fully saturated rings. The van der Waals surface area contributed by atoms with Gasteiger partial charge in [0.2, 0.25) is 0 Å². The van der Waals surface area contributed by atoms with Crippen LogP contribution in [0.25, 0.3) is 21.5 Å². The fourth-order valence-corrected chi connectivity index (χ4v) is 3.87. The predicted octanol–water partition coefficient (Wildman–Crippen LogP) is 5.30. The average Bonchev–Trinajstić information content (AvgIpc) is 3.31. The van der Waals surface area contributed by atoms with Crippen LogP contribution in [0.15, 0.2) is 54.0 Å². The van der Waals surface area contributed by atoms with Crippen LogP contribution >= 0.6 is 11.3 Å². The molecule has 0 saturated heterocycles. The number of carbonyl (C=O) groups excluding carboxylic acids is 1. The zero-order valence-electron chi connectivity index (χ0n) is 15.4. The van der Waals surface area contributed by atoms with Gasteiger partial charge in [0.1, 0.15) is 0 Å². The second kappa shape index (κ2) is 6.96. The lowest BCUT2D eigenvalue weighted by molar-refractivity contribution is 0.102. The van der Waals surface area contributed by atoms with Crippen molar-refractivity contribution >= 4 is 34.0 Å². The third-order valence-corrected chi connectivity index (χ3v) is 5.36. The number of hydrogen-bond acceptors (Lipinski definition) is 4. The highest BCUT2D eigenvalue weighted by molar-refractivity contribution is 7.13. The SMILES string of the molecule is Cc1nc2c(cnn2C(C)C)cc1C(=O)Nc1ccccc1-c1cccs1. The van der Waals surface area contributed by atoms with Gasteiger partial charge in [-0.2, -0.15) is 5.10 Å². The first-order chi connectivity index (χ1) is 13.0. The van der Waals surface area contributed by atoms with Gasteiger partial charge < -0.3 is 5.32 Å². The first-order valence-electron chi connectivity index (χ1n) is 8.83. The third kappa shape index (κ3) is 3.24. The molecule has 0 radical (unpaired) electrons. The summed E-state index contributed by atoms with van der Waals surface area (Å²) >= 11 is 1.65. The van der Waals surface area contributed by atoms with Crippen LogP contribution in [0.3, 0.4) is 0 Å². The number of aryl methyl sites for hydroxylation is 1. The maximum absolute atomic E-state index is 13.0. The molecule has 3 heterocycles. The Morgan fingerprint density at radius 1 is 1.19 bits per heavy atom. The summed E-state index contributed by atoms with van der Waals surface area (Å²) in [5, 5.41) is 10.3. The number of para-hydroxylation sites is 1. The largest absolute Gasteiger partial charge is 0.321 e. The molecule has 1 amide bonds. The van der Waals surface area contributed by atoms with E-state index >= 15 is 0 Å². The topological polar surface area (TPSA) is 59.8 Å². The van der Waals surface area contributed by atoms with Crippen LogP contribution < -0.4 is 5.32 Å². The molecule has 4 rings (SSSR count). The van der Waals surface area contributed by atoms with Gasteiger partial charge in [-0.05, 0) is 44.4 Å². The molecule has 0 atom stereocenters. The normalized spacial score (nSPS) is 11.3. The molecule has 0 aliphatic carbocycles. The van der Waals surface area contributed by atoms with Gasteiger partial charge in [-0.15, -0.1) is 11.3 Å². The van der Waals surface area contributed by atoms with Crippen molar-refractivity contribution in [2.75, 3.05) is 5.32 Å². The number of rotatable bonds is 4. The summed E-state index contributed by atoms with van der Waals surface area (Å²) in [4.78, 5) is 18.7. The molecule has 1 N–H and O–H groups in total. The fraction of sp³-hybridized carbons (Fsp3) is 0.190. The molecule has 0 aliphatic rings. The molecule has 0 aliphatic heterocycles. The number of fused-ring (bicyclic) bond motifs is 1. The Hall–Kier alpha value is -2.99. The lowest BCUT2D eigenvalue weighted by atomic mass is 10.1. The summed E-state index contributed by atoms with van der Waals surface area (Å²) in [5.41, 5.74) is 3.86. The number of pyridine rings is 1. The van der Waals surface area contributed by atoms with E-state index in [2.05, 4.69) is 35.3 Å². The lowest BCUT2D eigenvalue weighted by Gasteiger charge is -2.12. The Morgan fingerprint density at radius 2 is 2.00 bits per heavy atom. The second-order valence-electron chi connectivity index (χ2n) is 6.69. The fourth-order valence-electron chi connectivity index (χ4n) is 3.10. The van der Waals surface area contributed by atoms with Crippen LogP contribution in [-0.4, -0.2) is 20.7 Å². The van der Waals surface area contributed by atoms with Gasteiger partial charge in [0.25, 0.3) is 5.91 Å². The van der Waals surface area contributed by atoms with Crippen molar-refractivity contribution in [3.8, 4) is 10.4 Å². The molecule has 0 unspecified atom stereocenters. The van der Waals surface area contributed by atoms with Crippen LogP contribution in [0.1, 0.15) is 35.9 Å². The number of hydrogen-bond donors (Lipinski definition) is 1. The van der Waals surface area contributed by atoms with Gasteiger partial charge in [0, 0.05) is 27.6 Å². The van der Waals surface area contributed by atoms with Crippen LogP contribution in [0.5, 0.6) is 0 Å². The number of thiophene rings is 1. The molecule has 136 valence electrons. The Balaban J connectivity index is 1.69. The van der Waals surface area contributed by atoms with E-state index in [0.29, 0.717) is 11.3 Å². The Morgan fingerprint density at radius 3 is 2.74 bits per heavy atom. The van der Waals surface area contributed by atoms with Gasteiger partial charge in [0.05, 0.1) is 17.5 Å². The van der Waals surface area contributed by atoms with E-state index in [-0.39, 0.29) is 11.9 Å². The van der Waals surface area contributed by atoms with Gasteiger partial charge >= 0.3 is 0 Å². The van der Waals surface area contributed by atoms with Crippen molar-refractivity contribution in [1.29, 1.82) is 0 Å². The maximum Gasteiger partial charge on any atom is 0.257 e. The van der Waals surface area contributed by atoms with Crippen LogP contribution in [0, 0.1) is 6.92 Å². The molecule has 0 spiro atoms. The van der Waals surface area contributed by atoms with Crippen LogP contribution in [0.4, 0.5) is 5.69 Å². The summed E-state index contributed by atoms with van der Waals surface area (Å²) < 4.78 is 1.87. The summed E-state index contributed by atoms with van der Waals surface area (Å²) in [6.07, 6.45) is 1.76. The summed E-state index contributed by atoms with van der Waals surface area (Å²) in [7, 11) is 0. The Kier molecular flexibility index (Phi) is 4.49. The molecular formula is C21H20N4OS. The number of nitrogens with zero attached hydrogens (tertiary/aromatic N) is 3. The minimum absolute atomic E-state index is 0.164. The molecule has 4 aromatic rings. The van der Waals surface area contributed by atoms with Crippen molar-refractivity contribution in [1.82, 2.24) is 14.8 Å². The number of benzene rings is 1. The molecule has 3 aromatic heterocycles. The highest BCUT2D eigenvalue weighted by atomic mass is 32.1. The van der Waals surface area contributed by atoms with Crippen molar-refractivity contribution in [2.24, 2.45) is 0 Å². The van der Waals surface area contributed by atoms with E-state index in [4.69, 9.17) is 0 Å². The third-order valence-electron chi connectivity index (χ3n) is 4.46. The van der Waals surface area contributed by atoms with Gasteiger partial charge in [-0.1, -0.05) is 24.3 Å². The quantitative estimate of drug-likeness (QED) is 0.526. The van der Waals surface area contributed by atoms with E-state index in [9.17, 15) is 4.79 Å². The average molecular weight is 376 g/mol. The van der Waals surface area contributed by atoms with Crippen molar-refractivity contribution in [2.45, 2.75) is 26.8 Å². The van der Waals surface area contributed by atoms with E-state index in [1.54, 1.807) is 17.5 Å². The first-order valence-corrected chi connectivity index (χ1v) is 9.71. The van der Waals surface area contributed by atoms with Crippen molar-refractivity contribution < 1.29 is 4.79 Å². The minimum Gasteiger partial charge on any atom is -0.321 e. The molecule has 27 heavy (non-hydrogen) atoms.